The lowest BCUT2D eigenvalue weighted by atomic mass is 10.1. The molecular weight excluding hydrogens is 684 g/mol. The maximum Gasteiger partial charge on any atom is 0.328 e. The van der Waals surface area contributed by atoms with Crippen LogP contribution in [-0.4, -0.2) is 78.9 Å². The lowest BCUT2D eigenvalue weighted by Gasteiger charge is -2.19. The molecule has 2 heterocycles. The maximum atomic E-state index is 13.1. The number of carbonyl (C=O) groups excluding carboxylic acids is 4. The van der Waals surface area contributed by atoms with Crippen molar-refractivity contribution in [1.82, 2.24) is 30.6 Å². The molecule has 51 heavy (non-hydrogen) atoms. The lowest BCUT2D eigenvalue weighted by Crippen LogP contribution is -2.42. The molecule has 8 N–H and O–H groups in total. The Kier molecular flexibility index (Phi) is 12.4. The van der Waals surface area contributed by atoms with Crippen LogP contribution >= 0.6 is 0 Å². The molecule has 4 rings (SSSR count). The summed E-state index contributed by atoms with van der Waals surface area (Å²) in [5, 5.41) is 5.24. The van der Waals surface area contributed by atoms with Crippen LogP contribution in [0.4, 0.5) is 23.1 Å². The molecule has 0 aliphatic carbocycles. The molecule has 0 aliphatic rings. The first kappa shape index (κ1) is 37.9. The van der Waals surface area contributed by atoms with E-state index in [0.717, 1.165) is 6.07 Å². The number of nitrogens with one attached hydrogen (secondary N) is 2. The topological polar surface area (TPSA) is 278 Å². The molecule has 2 aromatic heterocycles. The molecule has 0 unspecified atom stereocenters. The minimum absolute atomic E-state index is 0.0180. The largest absolute Gasteiger partial charge is 0.467 e. The van der Waals surface area contributed by atoms with Crippen molar-refractivity contribution in [3.8, 4) is 0 Å². The highest BCUT2D eigenvalue weighted by Crippen LogP contribution is 2.23. The van der Waals surface area contributed by atoms with Gasteiger partial charge >= 0.3 is 5.97 Å². The van der Waals surface area contributed by atoms with Gasteiger partial charge in [-0.2, -0.15) is 18.4 Å². The highest BCUT2D eigenvalue weighted by Gasteiger charge is 2.25. The third kappa shape index (κ3) is 9.82. The van der Waals surface area contributed by atoms with E-state index < -0.39 is 33.9 Å². The van der Waals surface area contributed by atoms with Crippen LogP contribution in [0.5, 0.6) is 0 Å². The number of ether oxygens (including phenoxy) is 1. The minimum atomic E-state index is -4.27. The Hall–Kier alpha value is -5.95. The number of nitrogen functional groups attached to an aromatic ring is 3. The van der Waals surface area contributed by atoms with Crippen LogP contribution in [0.25, 0.3) is 11.2 Å². The van der Waals surface area contributed by atoms with Gasteiger partial charge in [0.15, 0.2) is 17.0 Å². The Morgan fingerprint density at radius 1 is 1.00 bits per heavy atom. The van der Waals surface area contributed by atoms with Gasteiger partial charge in [-0.05, 0) is 61.2 Å². The number of anilines is 4. The third-order valence-corrected chi connectivity index (χ3v) is 8.57. The van der Waals surface area contributed by atoms with E-state index in [9.17, 15) is 27.6 Å². The van der Waals surface area contributed by atoms with Crippen molar-refractivity contribution in [3.05, 3.63) is 65.5 Å². The zero-order chi connectivity index (χ0) is 37.3. The Labute approximate surface area is 293 Å². The number of benzene rings is 2. The number of nitrogens with two attached hydrogens (primary N) is 3. The number of amides is 3. The third-order valence-electron chi connectivity index (χ3n) is 7.24. The number of rotatable bonds is 16. The molecule has 18 nitrogen and oxygen atoms in total. The number of fused-ring (bicyclic) bond motifs is 1. The fraction of sp³-hybridized carbons (Fsp3) is 0.312. The molecule has 0 spiro atoms. The smallest absolute Gasteiger partial charge is 0.328 e. The number of nitrogens with zero attached hydrogens (tertiary/aromatic N) is 5. The van der Waals surface area contributed by atoms with Crippen LogP contribution in [0.3, 0.4) is 0 Å². The molecule has 0 bridgehead atoms. The Morgan fingerprint density at radius 3 is 2.39 bits per heavy atom. The van der Waals surface area contributed by atoms with Crippen LogP contribution in [0.2, 0.25) is 0 Å². The standard InChI is InChI=1S/C32H38N10O8S/c1-18(2)16-50-51(47,48)25-13-20(33)8-11-23(25)30(45)36-12-4-5-24(31(46)49-3)39-29(44)19-6-9-22(10-7-19)42(17-43)15-21-14-37-28-26(38-21)27(34)40-32(35)41-28/h6-11,13-14,17-18,24H,4-5,12,15-16,33H2,1-3H3,(H,36,45)(H,39,44)(H4,34,35,37,40,41)/t24-/m0/s1. The molecule has 0 radical (unpaired) electrons. The van der Waals surface area contributed by atoms with Crippen molar-refractivity contribution in [2.45, 2.75) is 44.2 Å². The molecule has 2 aromatic carbocycles. The van der Waals surface area contributed by atoms with Gasteiger partial charge in [-0.1, -0.05) is 13.8 Å². The Morgan fingerprint density at radius 2 is 1.73 bits per heavy atom. The average molecular weight is 723 g/mol. The summed E-state index contributed by atoms with van der Waals surface area (Å²) in [6.45, 7) is 3.53. The van der Waals surface area contributed by atoms with Crippen LogP contribution in [0.15, 0.2) is 53.6 Å². The molecule has 0 saturated heterocycles. The summed E-state index contributed by atoms with van der Waals surface area (Å²) in [4.78, 5) is 67.9. The summed E-state index contributed by atoms with van der Waals surface area (Å²) in [6.07, 6.45) is 2.30. The van der Waals surface area contributed by atoms with Gasteiger partial charge in [-0.15, -0.1) is 0 Å². The molecule has 1 atom stereocenters. The van der Waals surface area contributed by atoms with E-state index in [0.29, 0.717) is 17.8 Å². The van der Waals surface area contributed by atoms with Gasteiger partial charge < -0.3 is 37.5 Å². The van der Waals surface area contributed by atoms with E-state index in [-0.39, 0.29) is 83.1 Å². The Balaban J connectivity index is 1.36. The second-order valence-corrected chi connectivity index (χ2v) is 13.2. The molecule has 0 aliphatic heterocycles. The average Bonchev–Trinajstić information content (AvgIpc) is 3.10. The summed E-state index contributed by atoms with van der Waals surface area (Å²) in [5.74, 6) is -2.07. The summed E-state index contributed by atoms with van der Waals surface area (Å²) in [7, 11) is -3.10. The predicted molar refractivity (Wildman–Crippen MR) is 186 cm³/mol. The van der Waals surface area contributed by atoms with Crippen LogP contribution in [-0.2, 0) is 35.2 Å². The highest BCUT2D eigenvalue weighted by atomic mass is 32.2. The second-order valence-electron chi connectivity index (χ2n) is 11.6. The van der Waals surface area contributed by atoms with E-state index in [4.69, 9.17) is 26.1 Å². The molecule has 0 saturated carbocycles. The lowest BCUT2D eigenvalue weighted by molar-refractivity contribution is -0.143. The van der Waals surface area contributed by atoms with Crippen LogP contribution in [0, 0.1) is 5.92 Å². The molecule has 270 valence electrons. The fourth-order valence-electron chi connectivity index (χ4n) is 4.69. The van der Waals surface area contributed by atoms with E-state index in [1.807, 2.05) is 0 Å². The maximum absolute atomic E-state index is 13.1. The molecule has 4 aromatic rings. The number of aromatic nitrogens is 4. The highest BCUT2D eigenvalue weighted by molar-refractivity contribution is 7.86. The van der Waals surface area contributed by atoms with Crippen LogP contribution < -0.4 is 32.7 Å². The van der Waals surface area contributed by atoms with E-state index >= 15 is 0 Å². The summed E-state index contributed by atoms with van der Waals surface area (Å²) >= 11 is 0. The molecule has 3 amide bonds. The summed E-state index contributed by atoms with van der Waals surface area (Å²) in [5.41, 5.74) is 18.7. The zero-order valence-corrected chi connectivity index (χ0v) is 28.8. The number of esters is 1. The fourth-order valence-corrected chi connectivity index (χ4v) is 5.97. The van der Waals surface area contributed by atoms with Crippen molar-refractivity contribution in [3.63, 3.8) is 0 Å². The first-order valence-corrected chi connectivity index (χ1v) is 17.0. The number of hydrogen-bond donors (Lipinski definition) is 5. The van der Waals surface area contributed by atoms with Crippen molar-refractivity contribution >= 4 is 68.6 Å². The van der Waals surface area contributed by atoms with E-state index in [2.05, 4.69) is 30.6 Å². The zero-order valence-electron chi connectivity index (χ0n) is 28.0. The van der Waals surface area contributed by atoms with E-state index in [1.54, 1.807) is 13.8 Å². The van der Waals surface area contributed by atoms with Crippen molar-refractivity contribution in [1.29, 1.82) is 0 Å². The van der Waals surface area contributed by atoms with Gasteiger partial charge in [-0.3, -0.25) is 18.6 Å². The van der Waals surface area contributed by atoms with Gasteiger partial charge in [0.25, 0.3) is 21.9 Å². The van der Waals surface area contributed by atoms with Crippen molar-refractivity contribution in [2.75, 3.05) is 42.4 Å². The van der Waals surface area contributed by atoms with Gasteiger partial charge in [0.05, 0.1) is 37.7 Å². The van der Waals surface area contributed by atoms with E-state index in [1.165, 1.54) is 54.6 Å². The quantitative estimate of drug-likeness (QED) is 0.0357. The summed E-state index contributed by atoms with van der Waals surface area (Å²) in [6, 6.07) is 8.79. The predicted octanol–water partition coefficient (Wildman–Crippen LogP) is 1.17. The Bertz CT molecular complexity index is 2030. The summed E-state index contributed by atoms with van der Waals surface area (Å²) < 4.78 is 35.5. The number of carbonyl (C=O) groups is 4. The first-order chi connectivity index (χ1) is 24.2. The molecular formula is C32H38N10O8S. The number of hydrogen-bond acceptors (Lipinski definition) is 15. The molecule has 19 heteroatoms. The monoisotopic (exact) mass is 722 g/mol. The SMILES string of the molecule is COC(=O)[C@H](CCCNC(=O)c1ccc(N)cc1S(=O)(=O)OCC(C)C)NC(=O)c1ccc(N(C=O)Cc2cnc3nc(N)nc(N)c3n2)cc1. The van der Waals surface area contributed by atoms with Gasteiger partial charge in [0.2, 0.25) is 12.4 Å². The van der Waals surface area contributed by atoms with Gasteiger partial charge in [0, 0.05) is 23.5 Å². The molecule has 0 fully saturated rings. The van der Waals surface area contributed by atoms with Gasteiger partial charge in [-0.25, -0.2) is 14.8 Å². The van der Waals surface area contributed by atoms with Gasteiger partial charge in [0.1, 0.15) is 10.9 Å². The van der Waals surface area contributed by atoms with Crippen LogP contribution in [0.1, 0.15) is 53.1 Å². The normalized spacial score (nSPS) is 11.9. The second kappa shape index (κ2) is 16.6. The van der Waals surface area contributed by atoms with Crippen molar-refractivity contribution < 1.29 is 36.5 Å². The minimum Gasteiger partial charge on any atom is -0.467 e. The number of methoxy groups -OCH3 is 1. The first-order valence-electron chi connectivity index (χ1n) is 15.5. The van der Waals surface area contributed by atoms with Crippen molar-refractivity contribution in [2.24, 2.45) is 5.92 Å².